The molecule has 110 valence electrons. The van der Waals surface area contributed by atoms with E-state index in [9.17, 15) is 18.5 Å². The number of nitro groups is 1. The minimum Gasteiger partial charge on any atom is -0.378 e. The zero-order valence-electron chi connectivity index (χ0n) is 11.1. The number of nitrogens with one attached hydrogen (secondary N) is 2. The summed E-state index contributed by atoms with van der Waals surface area (Å²) in [7, 11) is -3.45. The Morgan fingerprint density at radius 1 is 1.50 bits per heavy atom. The summed E-state index contributed by atoms with van der Waals surface area (Å²) in [6.45, 7) is 1.54. The molecule has 0 aliphatic carbocycles. The van der Waals surface area contributed by atoms with Crippen LogP contribution in [-0.2, 0) is 9.84 Å². The van der Waals surface area contributed by atoms with Gasteiger partial charge in [0.2, 0.25) is 0 Å². The largest absolute Gasteiger partial charge is 0.378 e. The highest BCUT2D eigenvalue weighted by atomic mass is 32.2. The maximum atomic E-state index is 11.4. The van der Waals surface area contributed by atoms with Crippen molar-refractivity contribution in [3.63, 3.8) is 0 Å². The summed E-state index contributed by atoms with van der Waals surface area (Å²) in [6, 6.07) is 4.22. The number of nitro benzene ring substituents is 1. The van der Waals surface area contributed by atoms with Gasteiger partial charge in [-0.05, 0) is 31.5 Å². The molecule has 8 heteroatoms. The third-order valence-corrected chi connectivity index (χ3v) is 4.41. The molecule has 2 N–H and O–H groups in total. The highest BCUT2D eigenvalue weighted by molar-refractivity contribution is 7.90. The monoisotopic (exact) mass is 299 g/mol. The number of benzene rings is 1. The SMILES string of the molecule is CS(=O)(=O)c1ccc(NCC2CCCN2)c([N+](=O)[O-])c1. The number of anilines is 1. The lowest BCUT2D eigenvalue weighted by atomic mass is 10.2. The second-order valence-electron chi connectivity index (χ2n) is 4.88. The summed E-state index contributed by atoms with van der Waals surface area (Å²) < 4.78 is 22.9. The minimum absolute atomic E-state index is 0.0475. The fourth-order valence-corrected chi connectivity index (χ4v) is 2.85. The molecule has 0 saturated carbocycles. The van der Waals surface area contributed by atoms with Crippen molar-refractivity contribution in [1.82, 2.24) is 5.32 Å². The van der Waals surface area contributed by atoms with E-state index < -0.39 is 14.8 Å². The molecule has 1 heterocycles. The zero-order valence-corrected chi connectivity index (χ0v) is 11.9. The molecule has 20 heavy (non-hydrogen) atoms. The van der Waals surface area contributed by atoms with Crippen LogP contribution in [0.15, 0.2) is 23.1 Å². The molecule has 1 fully saturated rings. The van der Waals surface area contributed by atoms with Crippen LogP contribution in [0.5, 0.6) is 0 Å². The predicted molar refractivity (Wildman–Crippen MR) is 75.7 cm³/mol. The predicted octanol–water partition coefficient (Wildman–Crippen LogP) is 1.16. The van der Waals surface area contributed by atoms with Crippen molar-refractivity contribution in [2.24, 2.45) is 0 Å². The van der Waals surface area contributed by atoms with Crippen molar-refractivity contribution in [3.8, 4) is 0 Å². The molecule has 1 saturated heterocycles. The van der Waals surface area contributed by atoms with Crippen LogP contribution in [0.2, 0.25) is 0 Å². The first-order chi connectivity index (χ1) is 9.38. The average Bonchev–Trinajstić information content (AvgIpc) is 2.88. The summed E-state index contributed by atoms with van der Waals surface area (Å²) in [6.07, 6.45) is 3.16. The van der Waals surface area contributed by atoms with E-state index in [2.05, 4.69) is 10.6 Å². The number of hydrogen-bond acceptors (Lipinski definition) is 6. The van der Waals surface area contributed by atoms with Gasteiger partial charge in [-0.25, -0.2) is 8.42 Å². The Hall–Kier alpha value is -1.67. The van der Waals surface area contributed by atoms with Gasteiger partial charge < -0.3 is 10.6 Å². The maximum absolute atomic E-state index is 11.4. The smallest absolute Gasteiger partial charge is 0.293 e. The van der Waals surface area contributed by atoms with Gasteiger partial charge in [0.05, 0.1) is 9.82 Å². The van der Waals surface area contributed by atoms with Gasteiger partial charge in [-0.1, -0.05) is 0 Å². The van der Waals surface area contributed by atoms with Crippen LogP contribution in [0.1, 0.15) is 12.8 Å². The van der Waals surface area contributed by atoms with Gasteiger partial charge >= 0.3 is 0 Å². The molecule has 0 amide bonds. The van der Waals surface area contributed by atoms with E-state index in [-0.39, 0.29) is 10.6 Å². The van der Waals surface area contributed by atoms with Crippen LogP contribution in [0, 0.1) is 10.1 Å². The summed E-state index contributed by atoms with van der Waals surface area (Å²) in [5.41, 5.74) is 0.127. The number of rotatable bonds is 5. The standard InChI is InChI=1S/C12H17N3O4S/c1-20(18,19)10-4-5-11(12(7-10)15(16)17)14-8-9-3-2-6-13-9/h4-5,7,9,13-14H,2-3,6,8H2,1H3. The molecule has 2 rings (SSSR count). The first-order valence-electron chi connectivity index (χ1n) is 6.33. The molecule has 1 aliphatic rings. The van der Waals surface area contributed by atoms with Gasteiger partial charge in [-0.15, -0.1) is 0 Å². The molecule has 0 bridgehead atoms. The Labute approximate surface area is 117 Å². The molecule has 0 spiro atoms. The summed E-state index contributed by atoms with van der Waals surface area (Å²) in [5.74, 6) is 0. The summed E-state index contributed by atoms with van der Waals surface area (Å²) in [4.78, 5) is 10.4. The normalized spacial score (nSPS) is 18.9. The van der Waals surface area contributed by atoms with Gasteiger partial charge in [0, 0.05) is 24.9 Å². The van der Waals surface area contributed by atoms with E-state index in [4.69, 9.17) is 0 Å². The van der Waals surface area contributed by atoms with E-state index in [1.165, 1.54) is 12.1 Å². The molecule has 1 aromatic rings. The van der Waals surface area contributed by atoms with Crippen LogP contribution >= 0.6 is 0 Å². The number of nitrogens with zero attached hydrogens (tertiary/aromatic N) is 1. The Morgan fingerprint density at radius 3 is 2.80 bits per heavy atom. The average molecular weight is 299 g/mol. The topological polar surface area (TPSA) is 101 Å². The summed E-state index contributed by atoms with van der Waals surface area (Å²) >= 11 is 0. The lowest BCUT2D eigenvalue weighted by molar-refractivity contribution is -0.384. The van der Waals surface area contributed by atoms with Crippen molar-refractivity contribution >= 4 is 21.2 Å². The fraction of sp³-hybridized carbons (Fsp3) is 0.500. The van der Waals surface area contributed by atoms with Crippen molar-refractivity contribution in [1.29, 1.82) is 0 Å². The van der Waals surface area contributed by atoms with Crippen LogP contribution in [0.25, 0.3) is 0 Å². The van der Waals surface area contributed by atoms with Gasteiger partial charge in [0.1, 0.15) is 5.69 Å². The first kappa shape index (κ1) is 14.7. The Bertz CT molecular complexity index is 609. The molecule has 0 radical (unpaired) electrons. The molecule has 1 atom stereocenters. The molecular formula is C12H17N3O4S. The highest BCUT2D eigenvalue weighted by Crippen LogP contribution is 2.27. The lowest BCUT2D eigenvalue weighted by Gasteiger charge is -2.13. The number of hydrogen-bond donors (Lipinski definition) is 2. The molecular weight excluding hydrogens is 282 g/mol. The lowest BCUT2D eigenvalue weighted by Crippen LogP contribution is -2.29. The third-order valence-electron chi connectivity index (χ3n) is 3.30. The van der Waals surface area contributed by atoms with E-state index >= 15 is 0 Å². The summed E-state index contributed by atoms with van der Waals surface area (Å²) in [5, 5.41) is 17.4. The Morgan fingerprint density at radius 2 is 2.25 bits per heavy atom. The Kier molecular flexibility index (Phi) is 4.24. The van der Waals surface area contributed by atoms with Gasteiger partial charge in [-0.2, -0.15) is 0 Å². The first-order valence-corrected chi connectivity index (χ1v) is 8.23. The van der Waals surface area contributed by atoms with Gasteiger partial charge in [0.15, 0.2) is 9.84 Å². The fourth-order valence-electron chi connectivity index (χ4n) is 2.21. The Balaban J connectivity index is 2.21. The van der Waals surface area contributed by atoms with Crippen molar-refractivity contribution in [2.45, 2.75) is 23.8 Å². The van der Waals surface area contributed by atoms with Gasteiger partial charge in [0.25, 0.3) is 5.69 Å². The maximum Gasteiger partial charge on any atom is 0.293 e. The molecule has 0 aromatic heterocycles. The zero-order chi connectivity index (χ0) is 14.8. The van der Waals surface area contributed by atoms with Crippen molar-refractivity contribution < 1.29 is 13.3 Å². The van der Waals surface area contributed by atoms with Crippen LogP contribution in [-0.4, -0.2) is 38.7 Å². The van der Waals surface area contributed by atoms with Crippen molar-refractivity contribution in [3.05, 3.63) is 28.3 Å². The molecule has 7 nitrogen and oxygen atoms in total. The van der Waals surface area contributed by atoms with E-state index in [0.717, 1.165) is 31.7 Å². The van der Waals surface area contributed by atoms with E-state index in [1.807, 2.05) is 0 Å². The number of sulfone groups is 1. The van der Waals surface area contributed by atoms with Crippen LogP contribution in [0.4, 0.5) is 11.4 Å². The molecule has 1 unspecified atom stereocenters. The van der Waals surface area contributed by atoms with Crippen LogP contribution < -0.4 is 10.6 Å². The quantitative estimate of drug-likeness (QED) is 0.625. The molecule has 1 aromatic carbocycles. The molecule has 1 aliphatic heterocycles. The third kappa shape index (κ3) is 3.45. The highest BCUT2D eigenvalue weighted by Gasteiger charge is 2.20. The minimum atomic E-state index is -3.45. The van der Waals surface area contributed by atoms with E-state index in [1.54, 1.807) is 0 Å². The van der Waals surface area contributed by atoms with E-state index in [0.29, 0.717) is 18.3 Å². The second kappa shape index (κ2) is 5.76. The second-order valence-corrected chi connectivity index (χ2v) is 6.90. The van der Waals surface area contributed by atoms with Crippen LogP contribution in [0.3, 0.4) is 0 Å². The van der Waals surface area contributed by atoms with Gasteiger partial charge in [-0.3, -0.25) is 10.1 Å². The van der Waals surface area contributed by atoms with Crippen molar-refractivity contribution in [2.75, 3.05) is 24.7 Å².